The van der Waals surface area contributed by atoms with Crippen molar-refractivity contribution in [1.29, 1.82) is 0 Å². The van der Waals surface area contributed by atoms with Gasteiger partial charge in [0.25, 0.3) is 0 Å². The molecule has 0 bridgehead atoms. The van der Waals surface area contributed by atoms with Gasteiger partial charge in [0.1, 0.15) is 5.01 Å². The van der Waals surface area contributed by atoms with Crippen LogP contribution in [-0.4, -0.2) is 40.1 Å². The summed E-state index contributed by atoms with van der Waals surface area (Å²) < 4.78 is 0. The van der Waals surface area contributed by atoms with Gasteiger partial charge in [-0.15, -0.1) is 17.9 Å². The fourth-order valence-electron chi connectivity index (χ4n) is 1.26. The summed E-state index contributed by atoms with van der Waals surface area (Å²) in [4.78, 5) is 27.8. The first kappa shape index (κ1) is 14.2. The van der Waals surface area contributed by atoms with E-state index in [0.29, 0.717) is 18.1 Å². The van der Waals surface area contributed by atoms with Crippen molar-refractivity contribution in [3.63, 3.8) is 0 Å². The number of carboxylic acids is 1. The molecule has 0 spiro atoms. The zero-order chi connectivity index (χ0) is 13.5. The van der Waals surface area contributed by atoms with Gasteiger partial charge in [-0.25, -0.2) is 14.6 Å². The zero-order valence-electron chi connectivity index (χ0n) is 10.0. The first-order chi connectivity index (χ1) is 8.58. The highest BCUT2D eigenvalue weighted by molar-refractivity contribution is 7.09. The molecule has 0 radical (unpaired) electrons. The molecule has 1 rings (SSSR count). The number of thiazole rings is 1. The van der Waals surface area contributed by atoms with Gasteiger partial charge in [0.2, 0.25) is 0 Å². The molecule has 0 saturated carbocycles. The van der Waals surface area contributed by atoms with E-state index in [1.165, 1.54) is 16.7 Å². The molecule has 0 unspecified atom stereocenters. The molecule has 1 heterocycles. The molecule has 6 nitrogen and oxygen atoms in total. The lowest BCUT2D eigenvalue weighted by Gasteiger charge is -2.18. The number of aromatic nitrogens is 1. The van der Waals surface area contributed by atoms with Crippen LogP contribution in [0.3, 0.4) is 0 Å². The Kier molecular flexibility index (Phi) is 5.31. The van der Waals surface area contributed by atoms with Gasteiger partial charge < -0.3 is 15.3 Å². The van der Waals surface area contributed by atoms with E-state index in [2.05, 4.69) is 16.9 Å². The van der Waals surface area contributed by atoms with E-state index in [9.17, 15) is 9.59 Å². The summed E-state index contributed by atoms with van der Waals surface area (Å²) in [6.45, 7) is 6.72. The van der Waals surface area contributed by atoms with Gasteiger partial charge >= 0.3 is 12.0 Å². The molecule has 0 aliphatic heterocycles. The van der Waals surface area contributed by atoms with E-state index >= 15 is 0 Å². The monoisotopic (exact) mass is 269 g/mol. The number of hydrogen-bond acceptors (Lipinski definition) is 4. The Hall–Kier alpha value is -1.89. The van der Waals surface area contributed by atoms with E-state index in [1.54, 1.807) is 11.0 Å². The lowest BCUT2D eigenvalue weighted by molar-refractivity contribution is 0.0691. The molecule has 18 heavy (non-hydrogen) atoms. The van der Waals surface area contributed by atoms with Gasteiger partial charge in [0, 0.05) is 18.5 Å². The first-order valence-electron chi connectivity index (χ1n) is 5.39. The average Bonchev–Trinajstić information content (AvgIpc) is 2.82. The lowest BCUT2D eigenvalue weighted by atomic mass is 10.5. The van der Waals surface area contributed by atoms with E-state index in [0.717, 1.165) is 0 Å². The molecule has 7 heteroatoms. The van der Waals surface area contributed by atoms with Crippen LogP contribution < -0.4 is 5.32 Å². The Bertz CT molecular complexity index is 444. The molecule has 0 fully saturated rings. The van der Waals surface area contributed by atoms with Crippen LogP contribution in [0.25, 0.3) is 0 Å². The Morgan fingerprint density at radius 2 is 2.39 bits per heavy atom. The topological polar surface area (TPSA) is 82.5 Å². The van der Waals surface area contributed by atoms with Crippen LogP contribution in [0.2, 0.25) is 0 Å². The largest absolute Gasteiger partial charge is 0.476 e. The van der Waals surface area contributed by atoms with Crippen LogP contribution >= 0.6 is 11.3 Å². The maximum absolute atomic E-state index is 11.7. The molecule has 1 aromatic rings. The van der Waals surface area contributed by atoms with E-state index in [4.69, 9.17) is 5.11 Å². The average molecular weight is 269 g/mol. The molecule has 1 aromatic heterocycles. The maximum Gasteiger partial charge on any atom is 0.355 e. The number of nitrogens with one attached hydrogen (secondary N) is 1. The standard InChI is InChI=1S/C11H15N3O3S/c1-3-5-14(4-2)11(17)12-6-9-13-8(7-18-9)10(15)16/h3,7H,1,4-6H2,2H3,(H,12,17)(H,15,16). The summed E-state index contributed by atoms with van der Waals surface area (Å²) in [5, 5.41) is 13.4. The van der Waals surface area contributed by atoms with Crippen molar-refractivity contribution in [1.82, 2.24) is 15.2 Å². The molecule has 0 aliphatic carbocycles. The van der Waals surface area contributed by atoms with E-state index < -0.39 is 5.97 Å². The molecule has 0 aromatic carbocycles. The summed E-state index contributed by atoms with van der Waals surface area (Å²) >= 11 is 1.21. The fourth-order valence-corrected chi connectivity index (χ4v) is 1.97. The summed E-state index contributed by atoms with van der Waals surface area (Å²) in [5.41, 5.74) is 0.00249. The molecule has 2 amide bonds. The van der Waals surface area contributed by atoms with Gasteiger partial charge in [0.15, 0.2) is 5.69 Å². The summed E-state index contributed by atoms with van der Waals surface area (Å²) in [7, 11) is 0. The Balaban J connectivity index is 2.50. The van der Waals surface area contributed by atoms with Gasteiger partial charge in [0.05, 0.1) is 6.54 Å². The molecule has 98 valence electrons. The number of likely N-dealkylation sites (N-methyl/N-ethyl adjacent to an activating group) is 1. The van der Waals surface area contributed by atoms with Gasteiger partial charge in [-0.2, -0.15) is 0 Å². The van der Waals surface area contributed by atoms with Crippen molar-refractivity contribution >= 4 is 23.3 Å². The molecule has 2 N–H and O–H groups in total. The second kappa shape index (κ2) is 6.75. The van der Waals surface area contributed by atoms with Crippen LogP contribution in [-0.2, 0) is 6.54 Å². The second-order valence-electron chi connectivity index (χ2n) is 3.42. The van der Waals surface area contributed by atoms with E-state index in [1.807, 2.05) is 6.92 Å². The molecule has 0 aliphatic rings. The number of urea groups is 1. The van der Waals surface area contributed by atoms with Crippen molar-refractivity contribution in [2.75, 3.05) is 13.1 Å². The SMILES string of the molecule is C=CCN(CC)C(=O)NCc1nc(C(=O)O)cs1. The number of carboxylic acid groups (broad SMARTS) is 1. The van der Waals surface area contributed by atoms with Crippen LogP contribution in [0.5, 0.6) is 0 Å². The Labute approximate surface area is 109 Å². The number of amides is 2. The van der Waals surface area contributed by atoms with Gasteiger partial charge in [-0.1, -0.05) is 6.08 Å². The quantitative estimate of drug-likeness (QED) is 0.768. The fraction of sp³-hybridized carbons (Fsp3) is 0.364. The number of nitrogens with zero attached hydrogens (tertiary/aromatic N) is 2. The maximum atomic E-state index is 11.7. The molecule has 0 atom stereocenters. The van der Waals surface area contributed by atoms with Crippen LogP contribution in [0.15, 0.2) is 18.0 Å². The predicted octanol–water partition coefficient (Wildman–Crippen LogP) is 1.56. The van der Waals surface area contributed by atoms with Gasteiger partial charge in [-0.3, -0.25) is 0 Å². The number of rotatable bonds is 6. The molecule has 0 saturated heterocycles. The number of carbonyl (C=O) groups excluding carboxylic acids is 1. The van der Waals surface area contributed by atoms with Crippen molar-refractivity contribution in [3.8, 4) is 0 Å². The molecular weight excluding hydrogens is 254 g/mol. The van der Waals surface area contributed by atoms with Crippen molar-refractivity contribution in [2.24, 2.45) is 0 Å². The minimum absolute atomic E-state index is 0.00249. The summed E-state index contributed by atoms with van der Waals surface area (Å²) in [6.07, 6.45) is 1.65. The summed E-state index contributed by atoms with van der Waals surface area (Å²) in [5.74, 6) is -1.06. The Morgan fingerprint density at radius 1 is 1.67 bits per heavy atom. The third kappa shape index (κ3) is 3.85. The molecular formula is C11H15N3O3S. The lowest BCUT2D eigenvalue weighted by Crippen LogP contribution is -2.39. The highest BCUT2D eigenvalue weighted by atomic mass is 32.1. The normalized spacial score (nSPS) is 9.83. The smallest absolute Gasteiger partial charge is 0.355 e. The predicted molar refractivity (Wildman–Crippen MR) is 68.8 cm³/mol. The minimum atomic E-state index is -1.06. The Morgan fingerprint density at radius 3 is 2.89 bits per heavy atom. The van der Waals surface area contributed by atoms with Crippen LogP contribution in [0, 0.1) is 0 Å². The summed E-state index contributed by atoms with van der Waals surface area (Å²) in [6, 6.07) is -0.218. The third-order valence-electron chi connectivity index (χ3n) is 2.18. The van der Waals surface area contributed by atoms with Gasteiger partial charge in [-0.05, 0) is 6.92 Å². The van der Waals surface area contributed by atoms with Crippen molar-refractivity contribution < 1.29 is 14.7 Å². The number of hydrogen-bond donors (Lipinski definition) is 2. The number of carbonyl (C=O) groups is 2. The minimum Gasteiger partial charge on any atom is -0.476 e. The van der Waals surface area contributed by atoms with Crippen LogP contribution in [0.1, 0.15) is 22.4 Å². The van der Waals surface area contributed by atoms with Crippen molar-refractivity contribution in [2.45, 2.75) is 13.5 Å². The van der Waals surface area contributed by atoms with Crippen molar-refractivity contribution in [3.05, 3.63) is 28.7 Å². The van der Waals surface area contributed by atoms with E-state index in [-0.39, 0.29) is 18.3 Å². The number of aromatic carboxylic acids is 1. The van der Waals surface area contributed by atoms with Crippen LogP contribution in [0.4, 0.5) is 4.79 Å². The highest BCUT2D eigenvalue weighted by Crippen LogP contribution is 2.09. The first-order valence-corrected chi connectivity index (χ1v) is 6.27. The second-order valence-corrected chi connectivity index (χ2v) is 4.36. The highest BCUT2D eigenvalue weighted by Gasteiger charge is 2.12. The third-order valence-corrected chi connectivity index (χ3v) is 3.03. The zero-order valence-corrected chi connectivity index (χ0v) is 10.9.